The van der Waals surface area contributed by atoms with Gasteiger partial charge in [0.25, 0.3) is 0 Å². The third-order valence-corrected chi connectivity index (χ3v) is 4.43. The average Bonchev–Trinajstić information content (AvgIpc) is 2.83. The number of rotatable bonds is 5. The first-order valence-electron chi connectivity index (χ1n) is 6.41. The number of hydrogen-bond donors (Lipinski definition) is 2. The van der Waals surface area contributed by atoms with E-state index in [1.165, 1.54) is 12.8 Å². The normalized spacial score (nSPS) is 18.2. The molecule has 1 aromatic carbocycles. The van der Waals surface area contributed by atoms with Crippen molar-refractivity contribution in [2.24, 2.45) is 5.41 Å². The van der Waals surface area contributed by atoms with E-state index >= 15 is 0 Å². The third-order valence-electron chi connectivity index (χ3n) is 3.82. The maximum atomic E-state index is 9.53. The Morgan fingerprint density at radius 3 is 2.61 bits per heavy atom. The second-order valence-electron chi connectivity index (χ2n) is 5.20. The summed E-state index contributed by atoms with van der Waals surface area (Å²) < 4.78 is 0. The van der Waals surface area contributed by atoms with E-state index in [0.717, 1.165) is 30.0 Å². The molecule has 0 bridgehead atoms. The number of aliphatic hydroxyl groups excluding tert-OH is 1. The molecule has 1 fully saturated rings. The molecule has 1 aliphatic carbocycles. The summed E-state index contributed by atoms with van der Waals surface area (Å²) in [6, 6.07) is 5.50. The molecule has 0 unspecified atom stereocenters. The van der Waals surface area contributed by atoms with Crippen LogP contribution in [0.4, 0.5) is 0 Å². The standard InChI is InChI=1S/C14H19Cl2NO/c15-12-3-4-13(16)11(7-12)8-17-9-14(10-18)5-1-2-6-14/h3-4,7,17-18H,1-2,5-6,8-10H2. The highest BCUT2D eigenvalue weighted by Gasteiger charge is 2.32. The lowest BCUT2D eigenvalue weighted by Gasteiger charge is -2.26. The van der Waals surface area contributed by atoms with E-state index in [0.29, 0.717) is 11.6 Å². The molecular weight excluding hydrogens is 269 g/mol. The zero-order valence-electron chi connectivity index (χ0n) is 10.4. The predicted molar refractivity (Wildman–Crippen MR) is 76.2 cm³/mol. The Balaban J connectivity index is 1.89. The minimum absolute atomic E-state index is 0.0745. The monoisotopic (exact) mass is 287 g/mol. The molecule has 0 radical (unpaired) electrons. The first kappa shape index (κ1) is 14.1. The quantitative estimate of drug-likeness (QED) is 0.867. The summed E-state index contributed by atoms with van der Waals surface area (Å²) in [5.41, 5.74) is 1.08. The molecule has 0 amide bonds. The first-order chi connectivity index (χ1) is 8.65. The lowest BCUT2D eigenvalue weighted by molar-refractivity contribution is 0.128. The van der Waals surface area contributed by atoms with Gasteiger partial charge in [0.15, 0.2) is 0 Å². The zero-order valence-corrected chi connectivity index (χ0v) is 11.9. The molecule has 2 N–H and O–H groups in total. The number of nitrogens with one attached hydrogen (secondary N) is 1. The summed E-state index contributed by atoms with van der Waals surface area (Å²) in [4.78, 5) is 0. The van der Waals surface area contributed by atoms with Gasteiger partial charge in [-0.3, -0.25) is 0 Å². The molecule has 1 aromatic rings. The number of aliphatic hydroxyl groups is 1. The van der Waals surface area contributed by atoms with Crippen molar-refractivity contribution in [3.63, 3.8) is 0 Å². The van der Waals surface area contributed by atoms with Crippen LogP contribution in [-0.2, 0) is 6.54 Å². The molecular formula is C14H19Cl2NO. The molecule has 1 saturated carbocycles. The van der Waals surface area contributed by atoms with Gasteiger partial charge in [-0.2, -0.15) is 0 Å². The van der Waals surface area contributed by atoms with E-state index in [1.54, 1.807) is 6.07 Å². The van der Waals surface area contributed by atoms with Crippen molar-refractivity contribution in [3.8, 4) is 0 Å². The molecule has 4 heteroatoms. The molecule has 0 aliphatic heterocycles. The van der Waals surface area contributed by atoms with E-state index < -0.39 is 0 Å². The van der Waals surface area contributed by atoms with Crippen LogP contribution >= 0.6 is 23.2 Å². The van der Waals surface area contributed by atoms with E-state index in [4.69, 9.17) is 23.2 Å². The number of halogens is 2. The summed E-state index contributed by atoms with van der Waals surface area (Å²) in [6.07, 6.45) is 4.67. The van der Waals surface area contributed by atoms with Crippen LogP contribution in [0, 0.1) is 5.41 Å². The van der Waals surface area contributed by atoms with Crippen molar-refractivity contribution < 1.29 is 5.11 Å². The minimum atomic E-state index is 0.0745. The van der Waals surface area contributed by atoms with Gasteiger partial charge in [0.1, 0.15) is 0 Å². The number of benzene rings is 1. The van der Waals surface area contributed by atoms with Crippen molar-refractivity contribution in [2.75, 3.05) is 13.2 Å². The maximum Gasteiger partial charge on any atom is 0.0499 e. The fourth-order valence-electron chi connectivity index (χ4n) is 2.66. The molecule has 0 atom stereocenters. The first-order valence-corrected chi connectivity index (χ1v) is 7.16. The zero-order chi connectivity index (χ0) is 13.0. The topological polar surface area (TPSA) is 32.3 Å². The van der Waals surface area contributed by atoms with E-state index in [-0.39, 0.29) is 12.0 Å². The summed E-state index contributed by atoms with van der Waals surface area (Å²) in [5.74, 6) is 0. The fraction of sp³-hybridized carbons (Fsp3) is 0.571. The highest BCUT2D eigenvalue weighted by molar-refractivity contribution is 6.33. The maximum absolute atomic E-state index is 9.53. The van der Waals surface area contributed by atoms with Gasteiger partial charge < -0.3 is 10.4 Å². The van der Waals surface area contributed by atoms with Crippen molar-refractivity contribution in [1.82, 2.24) is 5.32 Å². The predicted octanol–water partition coefficient (Wildman–Crippen LogP) is 3.64. The molecule has 1 aliphatic rings. The Morgan fingerprint density at radius 1 is 1.22 bits per heavy atom. The van der Waals surface area contributed by atoms with Gasteiger partial charge in [-0.25, -0.2) is 0 Å². The molecule has 0 spiro atoms. The van der Waals surface area contributed by atoms with Crippen LogP contribution in [-0.4, -0.2) is 18.3 Å². The van der Waals surface area contributed by atoms with Crippen molar-refractivity contribution in [3.05, 3.63) is 33.8 Å². The Bertz CT molecular complexity index is 403. The van der Waals surface area contributed by atoms with Crippen LogP contribution in [0.2, 0.25) is 10.0 Å². The fourth-order valence-corrected chi connectivity index (χ4v) is 3.04. The minimum Gasteiger partial charge on any atom is -0.396 e. The Morgan fingerprint density at radius 2 is 1.94 bits per heavy atom. The highest BCUT2D eigenvalue weighted by atomic mass is 35.5. The van der Waals surface area contributed by atoms with Gasteiger partial charge in [-0.15, -0.1) is 0 Å². The van der Waals surface area contributed by atoms with Crippen LogP contribution in [0.25, 0.3) is 0 Å². The lowest BCUT2D eigenvalue weighted by atomic mass is 9.87. The SMILES string of the molecule is OCC1(CNCc2cc(Cl)ccc2Cl)CCCC1. The van der Waals surface area contributed by atoms with Crippen LogP contribution in [0.15, 0.2) is 18.2 Å². The molecule has 0 heterocycles. The highest BCUT2D eigenvalue weighted by Crippen LogP contribution is 2.37. The van der Waals surface area contributed by atoms with Crippen LogP contribution < -0.4 is 5.32 Å². The molecule has 2 rings (SSSR count). The smallest absolute Gasteiger partial charge is 0.0499 e. The Kier molecular flexibility index (Phi) is 4.91. The summed E-state index contributed by atoms with van der Waals surface area (Å²) in [6.45, 7) is 1.80. The average molecular weight is 288 g/mol. The molecule has 0 aromatic heterocycles. The Labute approximate surface area is 118 Å². The Hall–Kier alpha value is -0.280. The van der Waals surface area contributed by atoms with Gasteiger partial charge in [-0.05, 0) is 36.6 Å². The van der Waals surface area contributed by atoms with Crippen LogP contribution in [0.5, 0.6) is 0 Å². The third kappa shape index (κ3) is 3.39. The lowest BCUT2D eigenvalue weighted by Crippen LogP contribution is -2.34. The van der Waals surface area contributed by atoms with Crippen molar-refractivity contribution >= 4 is 23.2 Å². The van der Waals surface area contributed by atoms with Gasteiger partial charge in [-0.1, -0.05) is 36.0 Å². The second-order valence-corrected chi connectivity index (χ2v) is 6.05. The van der Waals surface area contributed by atoms with E-state index in [2.05, 4.69) is 5.32 Å². The summed E-state index contributed by atoms with van der Waals surface area (Å²) in [7, 11) is 0. The van der Waals surface area contributed by atoms with Crippen LogP contribution in [0.1, 0.15) is 31.2 Å². The van der Waals surface area contributed by atoms with E-state index in [1.807, 2.05) is 12.1 Å². The molecule has 100 valence electrons. The van der Waals surface area contributed by atoms with Gasteiger partial charge in [0, 0.05) is 35.2 Å². The largest absolute Gasteiger partial charge is 0.396 e. The summed E-state index contributed by atoms with van der Waals surface area (Å²) in [5, 5.41) is 14.4. The molecule has 0 saturated heterocycles. The van der Waals surface area contributed by atoms with Crippen molar-refractivity contribution in [2.45, 2.75) is 32.2 Å². The summed E-state index contributed by atoms with van der Waals surface area (Å²) >= 11 is 12.1. The second kappa shape index (κ2) is 6.25. The molecule has 2 nitrogen and oxygen atoms in total. The molecule has 18 heavy (non-hydrogen) atoms. The van der Waals surface area contributed by atoms with Crippen molar-refractivity contribution in [1.29, 1.82) is 0 Å². The van der Waals surface area contributed by atoms with Gasteiger partial charge in [0.2, 0.25) is 0 Å². The number of hydrogen-bond acceptors (Lipinski definition) is 2. The van der Waals surface area contributed by atoms with Crippen LogP contribution in [0.3, 0.4) is 0 Å². The van der Waals surface area contributed by atoms with Gasteiger partial charge >= 0.3 is 0 Å². The van der Waals surface area contributed by atoms with E-state index in [9.17, 15) is 5.11 Å². The van der Waals surface area contributed by atoms with Gasteiger partial charge in [0.05, 0.1) is 0 Å².